The van der Waals surface area contributed by atoms with Crippen molar-refractivity contribution in [2.75, 3.05) is 16.4 Å². The molecule has 4 rings (SSSR count). The van der Waals surface area contributed by atoms with Crippen LogP contribution in [0, 0.1) is 0 Å². The first kappa shape index (κ1) is 20.9. The van der Waals surface area contributed by atoms with Crippen molar-refractivity contribution in [3.63, 3.8) is 0 Å². The summed E-state index contributed by atoms with van der Waals surface area (Å²) >= 11 is 0. The van der Waals surface area contributed by atoms with Gasteiger partial charge in [-0.2, -0.15) is 4.98 Å². The molecule has 0 unspecified atom stereocenters. The zero-order valence-electron chi connectivity index (χ0n) is 17.8. The lowest BCUT2D eigenvalue weighted by Crippen LogP contribution is -2.15. The zero-order valence-corrected chi connectivity index (χ0v) is 17.8. The number of nitrogens with two attached hydrogens (primary N) is 1. The van der Waals surface area contributed by atoms with E-state index in [-0.39, 0.29) is 18.4 Å². The second-order valence-electron chi connectivity index (χ2n) is 7.33. The van der Waals surface area contributed by atoms with Gasteiger partial charge in [0.15, 0.2) is 0 Å². The van der Waals surface area contributed by atoms with E-state index < -0.39 is 0 Å². The minimum Gasteiger partial charge on any atom is -0.460 e. The van der Waals surface area contributed by atoms with Gasteiger partial charge in [-0.1, -0.05) is 30.3 Å². The maximum atomic E-state index is 12.7. The van der Waals surface area contributed by atoms with E-state index in [2.05, 4.69) is 15.6 Å². The Kier molecular flexibility index (Phi) is 5.76. The molecule has 8 heteroatoms. The van der Waals surface area contributed by atoms with Gasteiger partial charge < -0.3 is 21.1 Å². The van der Waals surface area contributed by atoms with E-state index in [1.54, 1.807) is 42.5 Å². The van der Waals surface area contributed by atoms with Crippen LogP contribution in [0.1, 0.15) is 22.8 Å². The molecule has 2 amide bonds. The highest BCUT2D eigenvalue weighted by molar-refractivity contribution is 6.06. The van der Waals surface area contributed by atoms with Crippen molar-refractivity contribution in [3.05, 3.63) is 77.9 Å². The minimum absolute atomic E-state index is 0.167. The summed E-state index contributed by atoms with van der Waals surface area (Å²) in [5, 5.41) is 5.56. The molecule has 0 radical (unpaired) electrons. The number of hydrogen-bond acceptors (Lipinski definition) is 5. The molecule has 0 aliphatic heterocycles. The van der Waals surface area contributed by atoms with Gasteiger partial charge in [-0.05, 0) is 36.4 Å². The molecule has 4 aromatic rings. The molecule has 1 heterocycles. The summed E-state index contributed by atoms with van der Waals surface area (Å²) in [4.78, 5) is 29.0. The Balaban J connectivity index is 1.56. The highest BCUT2D eigenvalue weighted by atomic mass is 16.5. The summed E-state index contributed by atoms with van der Waals surface area (Å²) in [7, 11) is 1.88. The van der Waals surface area contributed by atoms with Crippen LogP contribution in [0.25, 0.3) is 11.0 Å². The van der Waals surface area contributed by atoms with Crippen LogP contribution < -0.4 is 21.1 Å². The molecular weight excluding hydrogens is 406 g/mol. The number of anilines is 3. The van der Waals surface area contributed by atoms with Gasteiger partial charge >= 0.3 is 0 Å². The number of carbonyl (C=O) groups excluding carboxylic acids is 2. The van der Waals surface area contributed by atoms with E-state index in [1.807, 2.05) is 35.9 Å². The minimum atomic E-state index is -0.336. The lowest BCUT2D eigenvalue weighted by atomic mass is 10.1. The highest BCUT2D eigenvalue weighted by Crippen LogP contribution is 2.24. The average Bonchev–Trinajstić information content (AvgIpc) is 3.10. The maximum Gasteiger partial charge on any atom is 0.297 e. The Morgan fingerprint density at radius 2 is 1.75 bits per heavy atom. The molecule has 0 saturated carbocycles. The summed E-state index contributed by atoms with van der Waals surface area (Å²) in [5.74, 6) is -0.587. The van der Waals surface area contributed by atoms with Gasteiger partial charge in [0.1, 0.15) is 6.61 Å². The fourth-order valence-electron chi connectivity index (χ4n) is 3.35. The fraction of sp³-hybridized carbons (Fsp3) is 0.125. The number of benzene rings is 3. The van der Waals surface area contributed by atoms with Gasteiger partial charge in [0.25, 0.3) is 11.9 Å². The van der Waals surface area contributed by atoms with E-state index in [0.29, 0.717) is 34.2 Å². The standard InChI is InChI=1S/C24H23N5O3/c1-15(30)26-21-13-16(23(31)27-19-8-4-3-7-18(19)25)11-12-17(21)14-32-24-28-20-9-5-6-10-22(20)29(24)2/h3-13H,14,25H2,1-2H3,(H,26,30)(H,27,31). The zero-order chi connectivity index (χ0) is 22.7. The average molecular weight is 429 g/mol. The second kappa shape index (κ2) is 8.81. The number of para-hydroxylation sites is 4. The lowest BCUT2D eigenvalue weighted by Gasteiger charge is -2.14. The smallest absolute Gasteiger partial charge is 0.297 e. The number of hydrogen-bond donors (Lipinski definition) is 3. The summed E-state index contributed by atoms with van der Waals surface area (Å²) in [6.45, 7) is 1.58. The monoisotopic (exact) mass is 429 g/mol. The number of amides is 2. The highest BCUT2D eigenvalue weighted by Gasteiger charge is 2.14. The van der Waals surface area contributed by atoms with E-state index in [9.17, 15) is 9.59 Å². The number of ether oxygens (including phenoxy) is 1. The molecule has 4 N–H and O–H groups in total. The Morgan fingerprint density at radius 1 is 1.00 bits per heavy atom. The first-order chi connectivity index (χ1) is 15.4. The fourth-order valence-corrected chi connectivity index (χ4v) is 3.35. The molecule has 0 aliphatic rings. The molecule has 0 spiro atoms. The predicted molar refractivity (Wildman–Crippen MR) is 125 cm³/mol. The van der Waals surface area contributed by atoms with Crippen LogP contribution in [0.15, 0.2) is 66.7 Å². The number of aromatic nitrogens is 2. The number of nitrogen functional groups attached to an aromatic ring is 1. The molecule has 1 aromatic heterocycles. The number of nitrogens with one attached hydrogen (secondary N) is 2. The van der Waals surface area contributed by atoms with E-state index in [4.69, 9.17) is 10.5 Å². The van der Waals surface area contributed by atoms with Crippen molar-refractivity contribution in [2.45, 2.75) is 13.5 Å². The number of nitrogens with zero attached hydrogens (tertiary/aromatic N) is 2. The van der Waals surface area contributed by atoms with Gasteiger partial charge in [0, 0.05) is 30.8 Å². The summed E-state index contributed by atoms with van der Waals surface area (Å²) in [6, 6.07) is 20.2. The van der Waals surface area contributed by atoms with Gasteiger partial charge in [0.05, 0.1) is 22.4 Å². The summed E-state index contributed by atoms with van der Waals surface area (Å²) < 4.78 is 7.79. The molecule has 8 nitrogen and oxygen atoms in total. The largest absolute Gasteiger partial charge is 0.460 e. The lowest BCUT2D eigenvalue weighted by molar-refractivity contribution is -0.114. The van der Waals surface area contributed by atoms with Gasteiger partial charge in [-0.15, -0.1) is 0 Å². The molecule has 0 fully saturated rings. The molecule has 0 saturated heterocycles. The third-order valence-corrected chi connectivity index (χ3v) is 4.99. The van der Waals surface area contributed by atoms with E-state index >= 15 is 0 Å². The van der Waals surface area contributed by atoms with E-state index in [1.165, 1.54) is 6.92 Å². The molecule has 162 valence electrons. The summed E-state index contributed by atoms with van der Waals surface area (Å²) in [6.07, 6.45) is 0. The van der Waals surface area contributed by atoms with Crippen molar-refractivity contribution in [3.8, 4) is 6.01 Å². The van der Waals surface area contributed by atoms with Crippen LogP contribution >= 0.6 is 0 Å². The Bertz CT molecular complexity index is 1310. The molecule has 0 atom stereocenters. The number of fused-ring (bicyclic) bond motifs is 1. The summed E-state index contributed by atoms with van der Waals surface area (Å²) in [5.41, 5.74) is 10.3. The van der Waals surface area contributed by atoms with Crippen LogP contribution in [-0.2, 0) is 18.4 Å². The topological polar surface area (TPSA) is 111 Å². The molecular formula is C24H23N5O3. The van der Waals surface area contributed by atoms with Gasteiger partial charge in [-0.25, -0.2) is 0 Å². The number of carbonyl (C=O) groups is 2. The first-order valence-electron chi connectivity index (χ1n) is 10.0. The van der Waals surface area contributed by atoms with Crippen molar-refractivity contribution in [2.24, 2.45) is 7.05 Å². The van der Waals surface area contributed by atoms with Crippen LogP contribution in [0.2, 0.25) is 0 Å². The maximum absolute atomic E-state index is 12.7. The number of rotatable bonds is 6. The molecule has 3 aromatic carbocycles. The quantitative estimate of drug-likeness (QED) is 0.402. The van der Waals surface area contributed by atoms with Crippen LogP contribution in [0.4, 0.5) is 17.1 Å². The van der Waals surface area contributed by atoms with Crippen molar-refractivity contribution in [1.82, 2.24) is 9.55 Å². The van der Waals surface area contributed by atoms with Crippen molar-refractivity contribution < 1.29 is 14.3 Å². The molecule has 0 bridgehead atoms. The van der Waals surface area contributed by atoms with Crippen LogP contribution in [0.3, 0.4) is 0 Å². The Labute approximate surface area is 185 Å². The van der Waals surface area contributed by atoms with Crippen molar-refractivity contribution >= 4 is 39.9 Å². The Hall–Kier alpha value is -4.33. The third-order valence-electron chi connectivity index (χ3n) is 4.99. The second-order valence-corrected chi connectivity index (χ2v) is 7.33. The first-order valence-corrected chi connectivity index (χ1v) is 10.0. The SMILES string of the molecule is CC(=O)Nc1cc(C(=O)Nc2ccccc2N)ccc1COc1nc2ccccc2n1C. The number of imidazole rings is 1. The predicted octanol–water partition coefficient (Wildman–Crippen LogP) is 3.95. The normalized spacial score (nSPS) is 10.7. The van der Waals surface area contributed by atoms with Crippen LogP contribution in [-0.4, -0.2) is 21.4 Å². The molecule has 0 aliphatic carbocycles. The Morgan fingerprint density at radius 3 is 2.50 bits per heavy atom. The van der Waals surface area contributed by atoms with Gasteiger partial charge in [0.2, 0.25) is 5.91 Å². The van der Waals surface area contributed by atoms with Crippen molar-refractivity contribution in [1.29, 1.82) is 0 Å². The number of aryl methyl sites for hydroxylation is 1. The molecule has 32 heavy (non-hydrogen) atoms. The van der Waals surface area contributed by atoms with E-state index in [0.717, 1.165) is 11.0 Å². The van der Waals surface area contributed by atoms with Crippen LogP contribution in [0.5, 0.6) is 6.01 Å². The third kappa shape index (κ3) is 4.39. The van der Waals surface area contributed by atoms with Gasteiger partial charge in [-0.3, -0.25) is 14.2 Å².